The molecule has 0 radical (unpaired) electrons. The molecule has 2 aromatic carbocycles. The van der Waals surface area contributed by atoms with E-state index >= 15 is 0 Å². The van der Waals surface area contributed by atoms with E-state index in [2.05, 4.69) is 9.82 Å². The average molecular weight is 478 g/mol. The summed E-state index contributed by atoms with van der Waals surface area (Å²) in [7, 11) is -3.52. The molecule has 1 unspecified atom stereocenters. The molecule has 1 aliphatic heterocycles. The molecule has 0 saturated carbocycles. The summed E-state index contributed by atoms with van der Waals surface area (Å²) in [5.41, 5.74) is 1.98. The molecule has 1 aromatic heterocycles. The third-order valence-corrected chi connectivity index (χ3v) is 6.48. The molecule has 1 N–H and O–H groups in total. The van der Waals surface area contributed by atoms with Crippen LogP contribution in [-0.4, -0.2) is 31.3 Å². The van der Waals surface area contributed by atoms with Gasteiger partial charge in [0.25, 0.3) is 5.91 Å². The zero-order valence-electron chi connectivity index (χ0n) is 16.2. The van der Waals surface area contributed by atoms with Gasteiger partial charge in [0.05, 0.1) is 28.6 Å². The molecule has 4 rings (SSSR count). The highest BCUT2D eigenvalue weighted by Gasteiger charge is 2.36. The van der Waals surface area contributed by atoms with Crippen molar-refractivity contribution in [2.24, 2.45) is 5.10 Å². The van der Waals surface area contributed by atoms with Gasteiger partial charge in [0.1, 0.15) is 5.82 Å². The highest BCUT2D eigenvalue weighted by molar-refractivity contribution is 7.92. The molecule has 10 heteroatoms. The number of thiophene rings is 1. The molecule has 1 atom stereocenters. The number of carbonyl (C=O) groups is 1. The molecule has 2 heterocycles. The highest BCUT2D eigenvalue weighted by atomic mass is 35.5. The number of nitrogens with zero attached hydrogens (tertiary/aromatic N) is 2. The Morgan fingerprint density at radius 2 is 2.00 bits per heavy atom. The molecule has 6 nitrogen and oxygen atoms in total. The Morgan fingerprint density at radius 1 is 1.23 bits per heavy atom. The second-order valence-electron chi connectivity index (χ2n) is 6.98. The number of halogens is 2. The SMILES string of the molecule is CS(=O)(=O)Nc1ccccc1C1=NN(C(=O)c2cccs2)C(c2ccc(F)cc2Cl)C1. The van der Waals surface area contributed by atoms with Crippen LogP contribution in [0.5, 0.6) is 0 Å². The zero-order chi connectivity index (χ0) is 22.2. The van der Waals surface area contributed by atoms with E-state index in [1.807, 2.05) is 0 Å². The lowest BCUT2D eigenvalue weighted by Gasteiger charge is -2.22. The Hall–Kier alpha value is -2.75. The van der Waals surface area contributed by atoms with Gasteiger partial charge in [0.2, 0.25) is 10.0 Å². The number of hydrazone groups is 1. The first-order valence-electron chi connectivity index (χ1n) is 9.19. The van der Waals surface area contributed by atoms with Crippen molar-refractivity contribution in [3.8, 4) is 0 Å². The van der Waals surface area contributed by atoms with Crippen molar-refractivity contribution in [2.75, 3.05) is 11.0 Å². The number of rotatable bonds is 5. The van der Waals surface area contributed by atoms with Crippen molar-refractivity contribution in [1.82, 2.24) is 5.01 Å². The number of nitrogens with one attached hydrogen (secondary N) is 1. The van der Waals surface area contributed by atoms with Crippen molar-refractivity contribution >= 4 is 50.3 Å². The lowest BCUT2D eigenvalue weighted by molar-refractivity contribution is 0.0716. The van der Waals surface area contributed by atoms with E-state index in [-0.39, 0.29) is 17.4 Å². The van der Waals surface area contributed by atoms with E-state index in [1.165, 1.54) is 34.5 Å². The van der Waals surface area contributed by atoms with E-state index in [0.717, 1.165) is 6.26 Å². The first-order valence-corrected chi connectivity index (χ1v) is 12.3. The zero-order valence-corrected chi connectivity index (χ0v) is 18.6. The standard InChI is InChI=1S/C21H17ClFN3O3S2/c1-31(28,29)25-17-6-3-2-5-15(17)18-12-19(14-9-8-13(23)11-16(14)22)26(24-18)21(27)20-7-4-10-30-20/h2-11,19,25H,12H2,1H3. The maximum absolute atomic E-state index is 13.6. The summed E-state index contributed by atoms with van der Waals surface area (Å²) >= 11 is 7.58. The minimum atomic E-state index is -3.52. The second kappa shape index (κ2) is 8.41. The molecule has 3 aromatic rings. The monoisotopic (exact) mass is 477 g/mol. The summed E-state index contributed by atoms with van der Waals surface area (Å²) in [4.78, 5) is 13.7. The number of anilines is 1. The van der Waals surface area contributed by atoms with Crippen LogP contribution in [0, 0.1) is 5.82 Å². The van der Waals surface area contributed by atoms with Crippen LogP contribution >= 0.6 is 22.9 Å². The molecular weight excluding hydrogens is 461 g/mol. The average Bonchev–Trinajstić information content (AvgIpc) is 3.37. The van der Waals surface area contributed by atoms with Gasteiger partial charge in [-0.05, 0) is 35.2 Å². The smallest absolute Gasteiger partial charge is 0.283 e. The largest absolute Gasteiger partial charge is 0.284 e. The second-order valence-corrected chi connectivity index (χ2v) is 10.1. The quantitative estimate of drug-likeness (QED) is 0.567. The molecule has 1 amide bonds. The van der Waals surface area contributed by atoms with Crippen LogP contribution in [0.25, 0.3) is 0 Å². The predicted molar refractivity (Wildman–Crippen MR) is 121 cm³/mol. The van der Waals surface area contributed by atoms with Gasteiger partial charge in [-0.1, -0.05) is 41.9 Å². The number of sulfonamides is 1. The maximum Gasteiger partial charge on any atom is 0.284 e. The summed E-state index contributed by atoms with van der Waals surface area (Å²) in [5.74, 6) is -0.796. The van der Waals surface area contributed by atoms with Crippen molar-refractivity contribution in [3.05, 3.63) is 86.8 Å². The summed E-state index contributed by atoms with van der Waals surface area (Å²) in [6, 6.07) is 13.7. The third-order valence-electron chi connectivity index (χ3n) is 4.71. The number of carbonyl (C=O) groups excluding carboxylic acids is 1. The summed E-state index contributed by atoms with van der Waals surface area (Å²) in [6.07, 6.45) is 1.35. The Labute approximate surface area is 188 Å². The summed E-state index contributed by atoms with van der Waals surface area (Å²) in [5, 5.41) is 7.86. The molecule has 0 bridgehead atoms. The molecule has 1 aliphatic rings. The van der Waals surface area contributed by atoms with E-state index in [4.69, 9.17) is 11.6 Å². The highest BCUT2D eigenvalue weighted by Crippen LogP contribution is 2.39. The minimum absolute atomic E-state index is 0.188. The normalized spacial score (nSPS) is 16.3. The summed E-state index contributed by atoms with van der Waals surface area (Å²) < 4.78 is 39.7. The third kappa shape index (κ3) is 4.63. The lowest BCUT2D eigenvalue weighted by Crippen LogP contribution is -2.26. The summed E-state index contributed by atoms with van der Waals surface area (Å²) in [6.45, 7) is 0. The fourth-order valence-electron chi connectivity index (χ4n) is 3.41. The number of para-hydroxylation sites is 1. The molecule has 0 aliphatic carbocycles. The van der Waals surface area contributed by atoms with E-state index < -0.39 is 21.9 Å². The predicted octanol–water partition coefficient (Wildman–Crippen LogP) is 4.90. The van der Waals surface area contributed by atoms with Crippen LogP contribution in [0.1, 0.15) is 33.3 Å². The van der Waals surface area contributed by atoms with Crippen molar-refractivity contribution in [3.63, 3.8) is 0 Å². The number of hydrogen-bond acceptors (Lipinski definition) is 5. The van der Waals surface area contributed by atoms with Crippen molar-refractivity contribution in [2.45, 2.75) is 12.5 Å². The molecule has 160 valence electrons. The Morgan fingerprint density at radius 3 is 2.68 bits per heavy atom. The number of benzene rings is 2. The van der Waals surface area contributed by atoms with Gasteiger partial charge in [0, 0.05) is 17.0 Å². The van der Waals surface area contributed by atoms with Gasteiger partial charge in [0.15, 0.2) is 0 Å². The fourth-order valence-corrected chi connectivity index (χ4v) is 4.94. The molecule has 0 saturated heterocycles. The van der Waals surface area contributed by atoms with Crippen LogP contribution in [-0.2, 0) is 10.0 Å². The number of amides is 1. The van der Waals surface area contributed by atoms with Crippen molar-refractivity contribution in [1.29, 1.82) is 0 Å². The first kappa shape index (κ1) is 21.5. The lowest BCUT2D eigenvalue weighted by atomic mass is 9.97. The van der Waals surface area contributed by atoms with Gasteiger partial charge in [-0.25, -0.2) is 17.8 Å². The molecule has 31 heavy (non-hydrogen) atoms. The van der Waals surface area contributed by atoms with Gasteiger partial charge < -0.3 is 0 Å². The first-order chi connectivity index (χ1) is 14.7. The van der Waals surface area contributed by atoms with Crippen molar-refractivity contribution < 1.29 is 17.6 Å². The van der Waals surface area contributed by atoms with E-state index in [1.54, 1.807) is 41.8 Å². The van der Waals surface area contributed by atoms with Gasteiger partial charge >= 0.3 is 0 Å². The van der Waals surface area contributed by atoms with E-state index in [9.17, 15) is 17.6 Å². The number of hydrogen-bond donors (Lipinski definition) is 1. The molecular formula is C21H17ClFN3O3S2. The van der Waals surface area contributed by atoms with E-state index in [0.29, 0.717) is 27.4 Å². The van der Waals surface area contributed by atoms with Gasteiger partial charge in [-0.15, -0.1) is 11.3 Å². The van der Waals surface area contributed by atoms with Crippen LogP contribution in [0.4, 0.5) is 10.1 Å². The Bertz CT molecular complexity index is 1280. The van der Waals surface area contributed by atoms with Crippen LogP contribution < -0.4 is 4.72 Å². The molecule has 0 fully saturated rings. The van der Waals surface area contributed by atoms with Gasteiger partial charge in [-0.3, -0.25) is 9.52 Å². The van der Waals surface area contributed by atoms with Crippen LogP contribution in [0.3, 0.4) is 0 Å². The topological polar surface area (TPSA) is 78.8 Å². The Balaban J connectivity index is 1.79. The minimum Gasteiger partial charge on any atom is -0.283 e. The van der Waals surface area contributed by atoms with Crippen LogP contribution in [0.2, 0.25) is 5.02 Å². The maximum atomic E-state index is 13.6. The fraction of sp³-hybridized carbons (Fsp3) is 0.143. The van der Waals surface area contributed by atoms with Crippen LogP contribution in [0.15, 0.2) is 65.1 Å². The van der Waals surface area contributed by atoms with Gasteiger partial charge in [-0.2, -0.15) is 5.10 Å². The molecule has 0 spiro atoms. The Kier molecular flexibility index (Phi) is 5.83.